The van der Waals surface area contributed by atoms with Gasteiger partial charge in [-0.1, -0.05) is 24.3 Å². The lowest BCUT2D eigenvalue weighted by molar-refractivity contribution is -0.140. The molecular weight excluding hydrogens is 509 g/mol. The highest BCUT2D eigenvalue weighted by Gasteiger charge is 2.35. The summed E-state index contributed by atoms with van der Waals surface area (Å²) in [6.45, 7) is 3.63. The second-order valence-corrected chi connectivity index (χ2v) is 9.88. The van der Waals surface area contributed by atoms with E-state index in [-0.39, 0.29) is 11.9 Å². The van der Waals surface area contributed by atoms with Gasteiger partial charge in [0.25, 0.3) is 0 Å². The highest BCUT2D eigenvalue weighted by Crippen LogP contribution is 2.45. The molecule has 4 aromatic heterocycles. The smallest absolute Gasteiger partial charge is 0.434 e. The summed E-state index contributed by atoms with van der Waals surface area (Å²) >= 11 is 0. The molecule has 0 radical (unpaired) electrons. The molecule has 0 amide bonds. The molecule has 0 N–H and O–H groups in total. The van der Waals surface area contributed by atoms with Crippen molar-refractivity contribution in [3.05, 3.63) is 54.4 Å². The maximum atomic E-state index is 13.4. The summed E-state index contributed by atoms with van der Waals surface area (Å²) in [5.74, 6) is 1.38. The molecule has 0 aliphatic heterocycles. The molecule has 0 atom stereocenters. The van der Waals surface area contributed by atoms with Crippen LogP contribution in [0.5, 0.6) is 5.88 Å². The standard InChI is InChI=1S/C27H25F3N8O/c1-14(2)38-12-19(27(28,29)30)34-25(38)17-9-7-16(8-10-17)22-23-18(11-37(3)36-23)33-24(35-22)20-21(15-5-6-15)31-13-32-26(20)39-4/h7-15H,5-6H2,1-4H3. The Bertz CT molecular complexity index is 1680. The predicted octanol–water partition coefficient (Wildman–Crippen LogP) is 5.84. The number of methoxy groups -OCH3 is 1. The molecule has 0 spiro atoms. The van der Waals surface area contributed by atoms with Crippen LogP contribution in [0, 0.1) is 0 Å². The van der Waals surface area contributed by atoms with E-state index in [1.165, 1.54) is 10.9 Å². The van der Waals surface area contributed by atoms with Crippen LogP contribution >= 0.6 is 0 Å². The predicted molar refractivity (Wildman–Crippen MR) is 138 cm³/mol. The van der Waals surface area contributed by atoms with Gasteiger partial charge in [-0.2, -0.15) is 18.3 Å². The fourth-order valence-electron chi connectivity index (χ4n) is 4.67. The maximum absolute atomic E-state index is 13.4. The van der Waals surface area contributed by atoms with Gasteiger partial charge in [0, 0.05) is 36.3 Å². The average molecular weight is 535 g/mol. The summed E-state index contributed by atoms with van der Waals surface area (Å²) in [5, 5.41) is 4.57. The van der Waals surface area contributed by atoms with Crippen LogP contribution in [-0.4, -0.2) is 46.4 Å². The summed E-state index contributed by atoms with van der Waals surface area (Å²) in [7, 11) is 3.36. The number of halogens is 3. The lowest BCUT2D eigenvalue weighted by atomic mass is 10.1. The summed E-state index contributed by atoms with van der Waals surface area (Å²) in [6.07, 6.45) is 1.87. The second kappa shape index (κ2) is 9.14. The Morgan fingerprint density at radius 1 is 0.974 bits per heavy atom. The van der Waals surface area contributed by atoms with Crippen LogP contribution in [0.3, 0.4) is 0 Å². The van der Waals surface area contributed by atoms with E-state index in [0.29, 0.717) is 45.5 Å². The molecule has 0 saturated heterocycles. The highest BCUT2D eigenvalue weighted by atomic mass is 19.4. The molecule has 1 fully saturated rings. The van der Waals surface area contributed by atoms with E-state index in [9.17, 15) is 13.2 Å². The molecule has 12 heteroatoms. The minimum atomic E-state index is -4.53. The molecule has 0 unspecified atom stereocenters. The molecule has 9 nitrogen and oxygen atoms in total. The van der Waals surface area contributed by atoms with Gasteiger partial charge in [0.1, 0.15) is 34.4 Å². The summed E-state index contributed by atoms with van der Waals surface area (Å²) < 4.78 is 48.9. The zero-order valence-corrected chi connectivity index (χ0v) is 21.7. The van der Waals surface area contributed by atoms with Crippen LogP contribution in [0.4, 0.5) is 13.2 Å². The van der Waals surface area contributed by atoms with E-state index < -0.39 is 11.9 Å². The Labute approximate surface area is 221 Å². The Morgan fingerprint density at radius 2 is 1.69 bits per heavy atom. The number of alkyl halides is 3. The molecule has 4 heterocycles. The Morgan fingerprint density at radius 3 is 2.33 bits per heavy atom. The van der Waals surface area contributed by atoms with E-state index in [4.69, 9.17) is 14.7 Å². The summed E-state index contributed by atoms with van der Waals surface area (Å²) in [5.41, 5.74) is 3.70. The molecular formula is C27H25F3N8O. The number of hydrogen-bond acceptors (Lipinski definition) is 7. The fourth-order valence-corrected chi connectivity index (χ4v) is 4.67. The Kier molecular flexibility index (Phi) is 5.85. The van der Waals surface area contributed by atoms with E-state index in [0.717, 1.165) is 30.3 Å². The zero-order valence-electron chi connectivity index (χ0n) is 21.7. The first-order chi connectivity index (χ1) is 18.6. The lowest BCUT2D eigenvalue weighted by Crippen LogP contribution is -2.05. The molecule has 1 aliphatic rings. The molecule has 1 aromatic carbocycles. The second-order valence-electron chi connectivity index (χ2n) is 9.88. The molecule has 1 aliphatic carbocycles. The molecule has 5 aromatic rings. The van der Waals surface area contributed by atoms with Crippen molar-refractivity contribution in [3.63, 3.8) is 0 Å². The number of rotatable bonds is 6. The number of benzene rings is 1. The van der Waals surface area contributed by atoms with Crippen molar-refractivity contribution in [2.75, 3.05) is 7.11 Å². The Hall–Kier alpha value is -4.35. The van der Waals surface area contributed by atoms with Crippen LogP contribution in [0.15, 0.2) is 43.0 Å². The van der Waals surface area contributed by atoms with Crippen LogP contribution in [-0.2, 0) is 13.2 Å². The quantitative estimate of drug-likeness (QED) is 0.270. The van der Waals surface area contributed by atoms with Gasteiger partial charge in [0.15, 0.2) is 11.5 Å². The van der Waals surface area contributed by atoms with Crippen LogP contribution < -0.4 is 4.74 Å². The normalized spacial score (nSPS) is 13.9. The van der Waals surface area contributed by atoms with Crippen molar-refractivity contribution < 1.29 is 17.9 Å². The van der Waals surface area contributed by atoms with Crippen molar-refractivity contribution in [2.45, 2.75) is 44.8 Å². The summed E-state index contributed by atoms with van der Waals surface area (Å²) in [4.78, 5) is 22.4. The SMILES string of the molecule is COc1ncnc(C2CC2)c1-c1nc(-c2ccc(-c3nc(C(F)(F)F)cn3C(C)C)cc2)c2nn(C)cc2n1. The van der Waals surface area contributed by atoms with E-state index in [2.05, 4.69) is 20.1 Å². The van der Waals surface area contributed by atoms with Gasteiger partial charge in [-0.15, -0.1) is 0 Å². The third-order valence-electron chi connectivity index (χ3n) is 6.70. The van der Waals surface area contributed by atoms with Crippen molar-refractivity contribution in [1.29, 1.82) is 0 Å². The van der Waals surface area contributed by atoms with Crippen LogP contribution in [0.25, 0.3) is 45.1 Å². The van der Waals surface area contributed by atoms with Gasteiger partial charge in [-0.05, 0) is 26.7 Å². The largest absolute Gasteiger partial charge is 0.480 e. The molecule has 0 bridgehead atoms. The van der Waals surface area contributed by atoms with Crippen molar-refractivity contribution in [3.8, 4) is 39.9 Å². The molecule has 200 valence electrons. The first-order valence-electron chi connectivity index (χ1n) is 12.5. The Balaban J connectivity index is 1.48. The van der Waals surface area contributed by atoms with E-state index in [1.807, 2.05) is 32.2 Å². The van der Waals surface area contributed by atoms with Gasteiger partial charge in [-0.25, -0.2) is 24.9 Å². The monoisotopic (exact) mass is 534 g/mol. The van der Waals surface area contributed by atoms with Gasteiger partial charge in [0.2, 0.25) is 5.88 Å². The lowest BCUT2D eigenvalue weighted by Gasteiger charge is -2.13. The number of fused-ring (bicyclic) bond motifs is 1. The van der Waals surface area contributed by atoms with Gasteiger partial charge >= 0.3 is 6.18 Å². The first-order valence-corrected chi connectivity index (χ1v) is 12.5. The molecule has 6 rings (SSSR count). The van der Waals surface area contributed by atoms with E-state index >= 15 is 0 Å². The number of hydrogen-bond donors (Lipinski definition) is 0. The fraction of sp³-hybridized carbons (Fsp3) is 0.333. The third-order valence-corrected chi connectivity index (χ3v) is 6.70. The van der Waals surface area contributed by atoms with Crippen molar-refractivity contribution in [1.82, 2.24) is 39.3 Å². The maximum Gasteiger partial charge on any atom is 0.434 e. The first kappa shape index (κ1) is 25.0. The minimum absolute atomic E-state index is 0.204. The van der Waals surface area contributed by atoms with Crippen molar-refractivity contribution in [2.24, 2.45) is 7.05 Å². The summed E-state index contributed by atoms with van der Waals surface area (Å²) in [6, 6.07) is 6.90. The third kappa shape index (κ3) is 4.49. The van der Waals surface area contributed by atoms with Gasteiger partial charge in [-0.3, -0.25) is 4.68 Å². The minimum Gasteiger partial charge on any atom is -0.480 e. The van der Waals surface area contributed by atoms with Crippen LogP contribution in [0.1, 0.15) is 50.0 Å². The number of aromatic nitrogens is 8. The number of aryl methyl sites for hydroxylation is 1. The van der Waals surface area contributed by atoms with Gasteiger partial charge < -0.3 is 9.30 Å². The topological polar surface area (TPSA) is 96.4 Å². The average Bonchev–Trinajstić information content (AvgIpc) is 3.52. The number of imidazole rings is 1. The van der Waals surface area contributed by atoms with E-state index in [1.54, 1.807) is 31.0 Å². The molecule has 1 saturated carbocycles. The number of nitrogens with zero attached hydrogens (tertiary/aromatic N) is 8. The number of ether oxygens (including phenoxy) is 1. The van der Waals surface area contributed by atoms with Gasteiger partial charge in [0.05, 0.1) is 19.0 Å². The van der Waals surface area contributed by atoms with Crippen molar-refractivity contribution >= 4 is 11.0 Å². The highest BCUT2D eigenvalue weighted by molar-refractivity contribution is 5.91. The van der Waals surface area contributed by atoms with Crippen LogP contribution in [0.2, 0.25) is 0 Å². The zero-order chi connectivity index (χ0) is 27.5. The molecule has 39 heavy (non-hydrogen) atoms.